The minimum atomic E-state index is -0.408. The minimum Gasteiger partial charge on any atom is -0.390 e. The lowest BCUT2D eigenvalue weighted by Crippen LogP contribution is -2.51. The summed E-state index contributed by atoms with van der Waals surface area (Å²) >= 11 is 0. The van der Waals surface area contributed by atoms with Gasteiger partial charge in [-0.2, -0.15) is 0 Å². The molecular weight excluding hydrogens is 168 g/mol. The Labute approximate surface area is 79.7 Å². The SMILES string of the molecule is CC1(C)CN(C[C@@H](O)CN)CCO1. The van der Waals surface area contributed by atoms with Crippen LogP contribution in [0.5, 0.6) is 0 Å². The molecule has 4 heteroatoms. The fourth-order valence-corrected chi connectivity index (χ4v) is 1.64. The second-order valence-electron chi connectivity index (χ2n) is 4.23. The molecule has 4 nitrogen and oxygen atoms in total. The maximum Gasteiger partial charge on any atom is 0.0789 e. The number of hydrogen-bond donors (Lipinski definition) is 2. The molecule has 0 aliphatic carbocycles. The van der Waals surface area contributed by atoms with Crippen molar-refractivity contribution < 1.29 is 9.84 Å². The lowest BCUT2D eigenvalue weighted by atomic mass is 10.1. The van der Waals surface area contributed by atoms with Crippen LogP contribution in [0.2, 0.25) is 0 Å². The molecule has 0 spiro atoms. The van der Waals surface area contributed by atoms with Crippen LogP contribution >= 0.6 is 0 Å². The van der Waals surface area contributed by atoms with Gasteiger partial charge in [-0.3, -0.25) is 4.90 Å². The summed E-state index contributed by atoms with van der Waals surface area (Å²) in [5, 5.41) is 9.37. The van der Waals surface area contributed by atoms with E-state index in [1.54, 1.807) is 0 Å². The van der Waals surface area contributed by atoms with Crippen LogP contribution in [0.4, 0.5) is 0 Å². The fraction of sp³-hybridized carbons (Fsp3) is 1.00. The van der Waals surface area contributed by atoms with Gasteiger partial charge in [-0.05, 0) is 13.8 Å². The monoisotopic (exact) mass is 188 g/mol. The summed E-state index contributed by atoms with van der Waals surface area (Å²) in [5.41, 5.74) is 5.26. The molecule has 1 saturated heterocycles. The van der Waals surface area contributed by atoms with E-state index >= 15 is 0 Å². The van der Waals surface area contributed by atoms with E-state index < -0.39 is 6.10 Å². The van der Waals surface area contributed by atoms with Crippen LogP contribution < -0.4 is 5.73 Å². The zero-order valence-electron chi connectivity index (χ0n) is 8.49. The molecule has 1 fully saturated rings. The third-order valence-corrected chi connectivity index (χ3v) is 2.25. The average molecular weight is 188 g/mol. The summed E-state index contributed by atoms with van der Waals surface area (Å²) in [6, 6.07) is 0. The summed E-state index contributed by atoms with van der Waals surface area (Å²) < 4.78 is 5.56. The van der Waals surface area contributed by atoms with E-state index in [0.717, 1.165) is 19.7 Å². The van der Waals surface area contributed by atoms with Crippen LogP contribution in [-0.2, 0) is 4.74 Å². The lowest BCUT2D eigenvalue weighted by Gasteiger charge is -2.38. The van der Waals surface area contributed by atoms with Crippen molar-refractivity contribution in [3.8, 4) is 0 Å². The summed E-state index contributed by atoms with van der Waals surface area (Å²) in [4.78, 5) is 2.20. The molecule has 0 radical (unpaired) electrons. The molecular formula is C9H20N2O2. The molecule has 0 aromatic carbocycles. The van der Waals surface area contributed by atoms with E-state index in [-0.39, 0.29) is 5.60 Å². The number of ether oxygens (including phenoxy) is 1. The van der Waals surface area contributed by atoms with Gasteiger partial charge in [0, 0.05) is 26.2 Å². The molecule has 1 atom stereocenters. The molecule has 78 valence electrons. The highest BCUT2D eigenvalue weighted by atomic mass is 16.5. The number of aliphatic hydroxyl groups is 1. The molecule has 1 aliphatic rings. The number of hydrogen-bond acceptors (Lipinski definition) is 4. The van der Waals surface area contributed by atoms with Crippen molar-refractivity contribution in [2.24, 2.45) is 5.73 Å². The van der Waals surface area contributed by atoms with Gasteiger partial charge in [0.15, 0.2) is 0 Å². The van der Waals surface area contributed by atoms with Gasteiger partial charge < -0.3 is 15.6 Å². The van der Waals surface area contributed by atoms with Gasteiger partial charge >= 0.3 is 0 Å². The topological polar surface area (TPSA) is 58.7 Å². The Bertz CT molecular complexity index is 162. The predicted molar refractivity (Wildman–Crippen MR) is 51.5 cm³/mol. The predicted octanol–water partition coefficient (Wildman–Crippen LogP) is -0.583. The quantitative estimate of drug-likeness (QED) is 0.622. The molecule has 0 aromatic rings. The Kier molecular flexibility index (Phi) is 3.67. The summed E-state index contributed by atoms with van der Waals surface area (Å²) in [5.74, 6) is 0. The summed E-state index contributed by atoms with van der Waals surface area (Å²) in [6.45, 7) is 7.61. The Morgan fingerprint density at radius 1 is 1.62 bits per heavy atom. The Morgan fingerprint density at radius 2 is 2.31 bits per heavy atom. The Hall–Kier alpha value is -0.160. The van der Waals surface area contributed by atoms with Crippen molar-refractivity contribution >= 4 is 0 Å². The lowest BCUT2D eigenvalue weighted by molar-refractivity contribution is -0.0924. The molecule has 1 rings (SSSR count). The zero-order valence-corrected chi connectivity index (χ0v) is 8.49. The second kappa shape index (κ2) is 4.37. The highest BCUT2D eigenvalue weighted by Crippen LogP contribution is 2.16. The largest absolute Gasteiger partial charge is 0.390 e. The average Bonchev–Trinajstić information content (AvgIpc) is 2.02. The van der Waals surface area contributed by atoms with E-state index in [4.69, 9.17) is 10.5 Å². The van der Waals surface area contributed by atoms with Crippen molar-refractivity contribution in [2.45, 2.75) is 25.6 Å². The van der Waals surface area contributed by atoms with E-state index in [1.807, 2.05) is 0 Å². The number of aliphatic hydroxyl groups excluding tert-OH is 1. The van der Waals surface area contributed by atoms with Crippen LogP contribution in [0, 0.1) is 0 Å². The number of β-amino-alcohol motifs (C(OH)–C–C–N with tert-alkyl or cyclic N) is 1. The minimum absolute atomic E-state index is 0.0907. The molecule has 3 N–H and O–H groups in total. The first kappa shape index (κ1) is 10.9. The first-order valence-corrected chi connectivity index (χ1v) is 4.78. The van der Waals surface area contributed by atoms with Crippen LogP contribution in [0.1, 0.15) is 13.8 Å². The van der Waals surface area contributed by atoms with Crippen molar-refractivity contribution in [1.82, 2.24) is 4.90 Å². The fourth-order valence-electron chi connectivity index (χ4n) is 1.64. The van der Waals surface area contributed by atoms with Gasteiger partial charge in [-0.25, -0.2) is 0 Å². The summed E-state index contributed by atoms with van der Waals surface area (Å²) in [7, 11) is 0. The normalized spacial score (nSPS) is 25.8. The number of nitrogens with two attached hydrogens (primary N) is 1. The standard InChI is InChI=1S/C9H20N2O2/c1-9(2)7-11(3-4-13-9)6-8(12)5-10/h8,12H,3-7,10H2,1-2H3/t8-/m0/s1. The molecule has 0 amide bonds. The first-order chi connectivity index (χ1) is 6.03. The summed E-state index contributed by atoms with van der Waals surface area (Å²) in [6.07, 6.45) is -0.408. The van der Waals surface area contributed by atoms with E-state index in [1.165, 1.54) is 0 Å². The molecule has 13 heavy (non-hydrogen) atoms. The van der Waals surface area contributed by atoms with E-state index in [0.29, 0.717) is 13.1 Å². The highest BCUT2D eigenvalue weighted by Gasteiger charge is 2.27. The van der Waals surface area contributed by atoms with Gasteiger partial charge in [0.1, 0.15) is 0 Å². The molecule has 0 saturated carbocycles. The van der Waals surface area contributed by atoms with Crippen LogP contribution in [0.3, 0.4) is 0 Å². The Morgan fingerprint density at radius 3 is 2.85 bits per heavy atom. The third-order valence-electron chi connectivity index (χ3n) is 2.25. The van der Waals surface area contributed by atoms with Gasteiger partial charge in [0.2, 0.25) is 0 Å². The second-order valence-corrected chi connectivity index (χ2v) is 4.23. The number of nitrogens with zero attached hydrogens (tertiary/aromatic N) is 1. The van der Waals surface area contributed by atoms with Crippen LogP contribution in [0.25, 0.3) is 0 Å². The molecule has 1 aliphatic heterocycles. The van der Waals surface area contributed by atoms with Crippen molar-refractivity contribution in [3.63, 3.8) is 0 Å². The van der Waals surface area contributed by atoms with Crippen LogP contribution in [-0.4, -0.2) is 54.5 Å². The van der Waals surface area contributed by atoms with Crippen LogP contribution in [0.15, 0.2) is 0 Å². The van der Waals surface area contributed by atoms with Crippen molar-refractivity contribution in [1.29, 1.82) is 0 Å². The van der Waals surface area contributed by atoms with E-state index in [2.05, 4.69) is 18.7 Å². The van der Waals surface area contributed by atoms with E-state index in [9.17, 15) is 5.11 Å². The third kappa shape index (κ3) is 3.60. The maximum absolute atomic E-state index is 9.37. The smallest absolute Gasteiger partial charge is 0.0789 e. The number of rotatable bonds is 3. The molecule has 0 aromatic heterocycles. The van der Waals surface area contributed by atoms with Gasteiger partial charge in [0.25, 0.3) is 0 Å². The van der Waals surface area contributed by atoms with Gasteiger partial charge in [-0.1, -0.05) is 0 Å². The number of morpholine rings is 1. The van der Waals surface area contributed by atoms with Crippen molar-refractivity contribution in [2.75, 3.05) is 32.8 Å². The Balaban J connectivity index is 2.34. The van der Waals surface area contributed by atoms with Gasteiger partial charge in [0.05, 0.1) is 18.3 Å². The molecule has 1 heterocycles. The first-order valence-electron chi connectivity index (χ1n) is 4.78. The molecule has 0 bridgehead atoms. The molecule has 0 unspecified atom stereocenters. The van der Waals surface area contributed by atoms with Crippen molar-refractivity contribution in [3.05, 3.63) is 0 Å². The zero-order chi connectivity index (χ0) is 9.90. The highest BCUT2D eigenvalue weighted by molar-refractivity contribution is 4.80. The maximum atomic E-state index is 9.37. The van der Waals surface area contributed by atoms with Gasteiger partial charge in [-0.15, -0.1) is 0 Å².